The predicted molar refractivity (Wildman–Crippen MR) is 69.3 cm³/mol. The van der Waals surface area contributed by atoms with Crippen LogP contribution in [0.1, 0.15) is 26.7 Å². The highest BCUT2D eigenvalue weighted by atomic mass is 16.4. The molecular weight excluding hydrogens is 246 g/mol. The topological polar surface area (TPSA) is 101 Å². The van der Waals surface area contributed by atoms with Crippen molar-refractivity contribution in [1.82, 2.24) is 0 Å². The summed E-state index contributed by atoms with van der Waals surface area (Å²) in [7, 11) is 0. The van der Waals surface area contributed by atoms with Gasteiger partial charge in [0.2, 0.25) is 0 Å². The number of carbonyl (C=O) groups is 2. The van der Waals surface area contributed by atoms with Gasteiger partial charge in [0.1, 0.15) is 5.78 Å². The van der Waals surface area contributed by atoms with Crippen LogP contribution in [0, 0.1) is 23.7 Å². The van der Waals surface area contributed by atoms with E-state index in [1.165, 1.54) is 0 Å². The third-order valence-corrected chi connectivity index (χ3v) is 4.62. The Hall–Kier alpha value is -1.20. The summed E-state index contributed by atoms with van der Waals surface area (Å²) in [4.78, 5) is 23.5. The highest BCUT2D eigenvalue weighted by Gasteiger charge is 2.61. The lowest BCUT2D eigenvalue weighted by Gasteiger charge is -2.43. The van der Waals surface area contributed by atoms with Gasteiger partial charge in [-0.2, -0.15) is 0 Å². The van der Waals surface area contributed by atoms with Gasteiger partial charge < -0.3 is 15.9 Å². The minimum Gasteiger partial charge on any atom is -0.478 e. The van der Waals surface area contributed by atoms with Gasteiger partial charge in [-0.3, -0.25) is 4.79 Å². The van der Waals surface area contributed by atoms with Gasteiger partial charge in [0, 0.05) is 11.5 Å². The van der Waals surface area contributed by atoms with E-state index in [-0.39, 0.29) is 23.2 Å². The Morgan fingerprint density at radius 2 is 2.11 bits per heavy atom. The number of hydrogen-bond donors (Lipinski definition) is 3. The fraction of sp³-hybridized carbons (Fsp3) is 0.714. The van der Waals surface area contributed by atoms with Crippen molar-refractivity contribution in [3.8, 4) is 0 Å². The minimum absolute atomic E-state index is 0.0416. The summed E-state index contributed by atoms with van der Waals surface area (Å²) in [6.45, 7) is 4.07. The molecule has 106 valence electrons. The molecule has 0 radical (unpaired) electrons. The number of aliphatic hydroxyl groups is 1. The van der Waals surface area contributed by atoms with E-state index in [1.807, 2.05) is 6.92 Å². The fourth-order valence-corrected chi connectivity index (χ4v) is 3.77. The molecule has 1 fully saturated rings. The number of carbonyl (C=O) groups excluding carboxylic acids is 1. The predicted octanol–water partition coefficient (Wildman–Crippen LogP) is 0.568. The molecule has 0 amide bonds. The number of hydrogen-bond acceptors (Lipinski definition) is 4. The average molecular weight is 267 g/mol. The molecule has 0 spiro atoms. The monoisotopic (exact) mass is 267 g/mol. The third kappa shape index (κ3) is 2.01. The number of ketones is 1. The molecule has 0 aromatic heterocycles. The normalized spacial score (nSPS) is 35.1. The summed E-state index contributed by atoms with van der Waals surface area (Å²) >= 11 is 0. The van der Waals surface area contributed by atoms with Crippen LogP contribution in [-0.4, -0.2) is 34.6 Å². The maximum Gasteiger partial charge on any atom is 0.332 e. The highest BCUT2D eigenvalue weighted by Crippen LogP contribution is 2.56. The summed E-state index contributed by atoms with van der Waals surface area (Å²) in [5, 5.41) is 19.0. The second-order valence-electron chi connectivity index (χ2n) is 5.65. The number of aliphatic carboxylic acids is 1. The zero-order valence-corrected chi connectivity index (χ0v) is 11.3. The summed E-state index contributed by atoms with van der Waals surface area (Å²) < 4.78 is 0. The van der Waals surface area contributed by atoms with Crippen molar-refractivity contribution in [3.63, 3.8) is 0 Å². The molecule has 0 bridgehead atoms. The Morgan fingerprint density at radius 3 is 2.58 bits per heavy atom. The van der Waals surface area contributed by atoms with Crippen molar-refractivity contribution in [1.29, 1.82) is 0 Å². The van der Waals surface area contributed by atoms with Crippen molar-refractivity contribution < 1.29 is 19.8 Å². The third-order valence-electron chi connectivity index (χ3n) is 4.62. The number of nitrogens with two attached hydrogens (primary N) is 1. The van der Waals surface area contributed by atoms with E-state index in [2.05, 4.69) is 0 Å². The molecule has 5 nitrogen and oxygen atoms in total. The average Bonchev–Trinajstić information content (AvgIpc) is 2.56. The molecule has 0 aromatic carbocycles. The van der Waals surface area contributed by atoms with Gasteiger partial charge in [0.05, 0.1) is 12.0 Å². The molecule has 0 aromatic rings. The van der Waals surface area contributed by atoms with Gasteiger partial charge in [0.25, 0.3) is 0 Å². The number of allylic oxidation sites excluding steroid dienone is 1. The number of aliphatic hydroxyl groups excluding tert-OH is 1. The van der Waals surface area contributed by atoms with Crippen molar-refractivity contribution in [2.24, 2.45) is 29.4 Å². The van der Waals surface area contributed by atoms with Crippen LogP contribution in [0.2, 0.25) is 0 Å². The number of carboxylic acids is 1. The summed E-state index contributed by atoms with van der Waals surface area (Å²) in [5.41, 5.74) is 6.61. The van der Waals surface area contributed by atoms with Gasteiger partial charge in [-0.15, -0.1) is 0 Å². The van der Waals surface area contributed by atoms with Gasteiger partial charge >= 0.3 is 5.97 Å². The quantitative estimate of drug-likeness (QED) is 0.676. The van der Waals surface area contributed by atoms with Crippen molar-refractivity contribution in [3.05, 3.63) is 11.1 Å². The van der Waals surface area contributed by atoms with Gasteiger partial charge in [-0.1, -0.05) is 12.5 Å². The first-order valence-electron chi connectivity index (χ1n) is 6.79. The number of Topliss-reactive ketones (excluding diaryl/α,β-unsaturated/α-hetero) is 1. The van der Waals surface area contributed by atoms with Gasteiger partial charge in [0.15, 0.2) is 0 Å². The van der Waals surface area contributed by atoms with E-state index >= 15 is 0 Å². The summed E-state index contributed by atoms with van der Waals surface area (Å²) in [6.07, 6.45) is 0.648. The maximum atomic E-state index is 12.1. The van der Waals surface area contributed by atoms with E-state index < -0.39 is 23.9 Å². The zero-order chi connectivity index (χ0) is 14.3. The minimum atomic E-state index is -0.997. The number of rotatable bonds is 5. The largest absolute Gasteiger partial charge is 0.478 e. The first-order chi connectivity index (χ1) is 8.91. The molecule has 1 saturated carbocycles. The van der Waals surface area contributed by atoms with Crippen LogP contribution in [0.25, 0.3) is 0 Å². The molecule has 2 rings (SSSR count). The molecule has 19 heavy (non-hydrogen) atoms. The molecule has 0 aliphatic heterocycles. The molecule has 0 saturated heterocycles. The van der Waals surface area contributed by atoms with E-state index in [1.54, 1.807) is 6.92 Å². The Bertz CT molecular complexity index is 441. The van der Waals surface area contributed by atoms with Crippen LogP contribution in [0.3, 0.4) is 0 Å². The smallest absolute Gasteiger partial charge is 0.332 e. The molecule has 2 aliphatic rings. The second-order valence-corrected chi connectivity index (χ2v) is 5.65. The number of fused-ring (bicyclic) bond motifs is 1. The first-order valence-corrected chi connectivity index (χ1v) is 6.79. The Kier molecular flexibility index (Phi) is 3.78. The lowest BCUT2D eigenvalue weighted by molar-refractivity contribution is -0.151. The van der Waals surface area contributed by atoms with Crippen molar-refractivity contribution in [2.75, 3.05) is 6.54 Å². The van der Waals surface area contributed by atoms with E-state index in [9.17, 15) is 19.8 Å². The van der Waals surface area contributed by atoms with E-state index in [0.29, 0.717) is 13.0 Å². The molecule has 5 atom stereocenters. The molecule has 2 aliphatic carbocycles. The summed E-state index contributed by atoms with van der Waals surface area (Å²) in [5.74, 6) is -2.05. The van der Waals surface area contributed by atoms with Crippen molar-refractivity contribution >= 4 is 11.8 Å². The maximum absolute atomic E-state index is 12.1. The van der Waals surface area contributed by atoms with Crippen LogP contribution in [0.4, 0.5) is 0 Å². The van der Waals surface area contributed by atoms with Crippen molar-refractivity contribution in [2.45, 2.75) is 32.8 Å². The van der Waals surface area contributed by atoms with Crippen LogP contribution >= 0.6 is 0 Å². The molecular formula is C14H21NO4. The lowest BCUT2D eigenvalue weighted by atomic mass is 9.59. The Balaban J connectivity index is 2.32. The van der Waals surface area contributed by atoms with Crippen LogP contribution in [0.15, 0.2) is 11.1 Å². The standard InChI is InChI=1S/C14H21NO4/c1-6-8(4-3-5-15)11(14(18)19)12-9(6)10(7(2)16)13(12)17/h6-7,9-10,12,16H,3-5,15H2,1-2H3,(H,18,19). The Labute approximate surface area is 112 Å². The van der Waals surface area contributed by atoms with Gasteiger partial charge in [-0.05, 0) is 38.1 Å². The lowest BCUT2D eigenvalue weighted by Crippen LogP contribution is -2.53. The Morgan fingerprint density at radius 1 is 1.47 bits per heavy atom. The summed E-state index contributed by atoms with van der Waals surface area (Å²) in [6, 6.07) is 0. The SMILES string of the molecule is CC(O)C1C(=O)C2C(C(=O)O)=C(CCCN)C(C)C21. The highest BCUT2D eigenvalue weighted by molar-refractivity contribution is 6.04. The van der Waals surface area contributed by atoms with Gasteiger partial charge in [-0.25, -0.2) is 4.79 Å². The van der Waals surface area contributed by atoms with E-state index in [0.717, 1.165) is 12.0 Å². The van der Waals surface area contributed by atoms with Crippen LogP contribution in [-0.2, 0) is 9.59 Å². The molecule has 4 N–H and O–H groups in total. The molecule has 5 unspecified atom stereocenters. The zero-order valence-electron chi connectivity index (χ0n) is 11.3. The second kappa shape index (κ2) is 5.06. The first kappa shape index (κ1) is 14.2. The van der Waals surface area contributed by atoms with E-state index in [4.69, 9.17) is 5.73 Å². The molecule has 0 heterocycles. The van der Waals surface area contributed by atoms with Crippen LogP contribution < -0.4 is 5.73 Å². The van der Waals surface area contributed by atoms with Crippen LogP contribution in [0.5, 0.6) is 0 Å². The fourth-order valence-electron chi connectivity index (χ4n) is 3.77. The number of carboxylic acid groups (broad SMARTS) is 1. The molecule has 5 heteroatoms.